The normalized spacial score (nSPS) is 14.8. The summed E-state index contributed by atoms with van der Waals surface area (Å²) in [5.74, 6) is -1.86. The number of nitrogens with one attached hydrogen (secondary N) is 1. The molecule has 7 nitrogen and oxygen atoms in total. The number of hydrogen-bond acceptors (Lipinski definition) is 6. The summed E-state index contributed by atoms with van der Waals surface area (Å²) in [5.41, 5.74) is 0.339. The number of hydrogen-bond donors (Lipinski definition) is 1. The lowest BCUT2D eigenvalue weighted by Gasteiger charge is -2.27. The number of fused-ring (bicyclic) bond motifs is 1. The first-order valence-corrected chi connectivity index (χ1v) is 9.84. The lowest BCUT2D eigenvalue weighted by atomic mass is 10.2. The van der Waals surface area contributed by atoms with Gasteiger partial charge in [0.2, 0.25) is 14.9 Å². The molecule has 2 heterocycles. The quantitative estimate of drug-likeness (QED) is 0.704. The predicted molar refractivity (Wildman–Crippen MR) is 100 cm³/mol. The highest BCUT2D eigenvalue weighted by atomic mass is 32.2. The highest BCUT2D eigenvalue weighted by molar-refractivity contribution is 8.08. The van der Waals surface area contributed by atoms with Gasteiger partial charge in [-0.1, -0.05) is 0 Å². The number of carbonyl (C=O) groups excluding carboxylic acids is 1. The van der Waals surface area contributed by atoms with Gasteiger partial charge in [0.1, 0.15) is 22.3 Å². The molecule has 0 radical (unpaired) electrons. The van der Waals surface area contributed by atoms with E-state index >= 15 is 0 Å². The van der Waals surface area contributed by atoms with Crippen LogP contribution in [0.5, 0.6) is 0 Å². The standard InChI is InChI=1S/C19H13F2N3O4S/c20-12-3-6-14(7-4-12)24-16-8-5-13(21)10-17(16)29(26,27)19(23-24)18(25)22-11-15-2-1-9-28-15/h1-10H,11H2,(H,22,25). The molecule has 4 rings (SSSR count). The summed E-state index contributed by atoms with van der Waals surface area (Å²) in [4.78, 5) is 12.2. The highest BCUT2D eigenvalue weighted by Crippen LogP contribution is 2.37. The molecule has 0 atom stereocenters. The maximum absolute atomic E-state index is 13.8. The van der Waals surface area contributed by atoms with Crippen LogP contribution in [0.2, 0.25) is 0 Å². The summed E-state index contributed by atoms with van der Waals surface area (Å²) in [5, 5.41) is 6.73. The van der Waals surface area contributed by atoms with Gasteiger partial charge in [-0.15, -0.1) is 5.10 Å². The molecular weight excluding hydrogens is 404 g/mol. The molecule has 1 aliphatic rings. The zero-order valence-corrected chi connectivity index (χ0v) is 15.5. The molecule has 3 aromatic rings. The van der Waals surface area contributed by atoms with Crippen molar-refractivity contribution in [3.63, 3.8) is 0 Å². The second-order valence-corrected chi connectivity index (χ2v) is 7.90. The van der Waals surface area contributed by atoms with E-state index in [0.29, 0.717) is 11.4 Å². The van der Waals surface area contributed by atoms with E-state index in [-0.39, 0.29) is 12.2 Å². The van der Waals surface area contributed by atoms with Gasteiger partial charge >= 0.3 is 0 Å². The van der Waals surface area contributed by atoms with E-state index < -0.39 is 37.3 Å². The molecule has 2 aromatic carbocycles. The molecule has 0 spiro atoms. The fourth-order valence-corrected chi connectivity index (χ4v) is 4.19. The Balaban J connectivity index is 1.78. The van der Waals surface area contributed by atoms with Gasteiger partial charge in [-0.3, -0.25) is 4.79 Å². The Kier molecular flexibility index (Phi) is 4.63. The van der Waals surface area contributed by atoms with Crippen molar-refractivity contribution in [2.45, 2.75) is 11.4 Å². The SMILES string of the molecule is O=C(NCc1ccco1)C1=NN(c2ccc(F)cc2)c2ccc(F)cc2S1(=O)=O. The van der Waals surface area contributed by atoms with E-state index in [0.717, 1.165) is 29.3 Å². The number of hydrazone groups is 1. The van der Waals surface area contributed by atoms with Crippen molar-refractivity contribution in [3.05, 3.63) is 78.3 Å². The first-order valence-electron chi connectivity index (χ1n) is 8.36. The van der Waals surface area contributed by atoms with E-state index in [9.17, 15) is 22.0 Å². The third kappa shape index (κ3) is 3.49. The van der Waals surface area contributed by atoms with Gasteiger partial charge in [0, 0.05) is 0 Å². The van der Waals surface area contributed by atoms with E-state index in [1.54, 1.807) is 12.1 Å². The van der Waals surface area contributed by atoms with Crippen molar-refractivity contribution in [2.75, 3.05) is 5.01 Å². The Hall–Kier alpha value is -3.53. The zero-order valence-electron chi connectivity index (χ0n) is 14.7. The fraction of sp³-hybridized carbons (Fsp3) is 0.0526. The zero-order chi connectivity index (χ0) is 20.6. The van der Waals surface area contributed by atoms with Crippen LogP contribution in [0.3, 0.4) is 0 Å². The molecule has 148 valence electrons. The van der Waals surface area contributed by atoms with Crippen molar-refractivity contribution < 1.29 is 26.4 Å². The minimum atomic E-state index is -4.39. The molecule has 0 fully saturated rings. The summed E-state index contributed by atoms with van der Waals surface area (Å²) < 4.78 is 58.0. The molecule has 1 N–H and O–H groups in total. The molecule has 0 saturated heterocycles. The van der Waals surface area contributed by atoms with Gasteiger partial charge in [0.15, 0.2) is 0 Å². The van der Waals surface area contributed by atoms with Gasteiger partial charge in [-0.05, 0) is 54.6 Å². The van der Waals surface area contributed by atoms with E-state index in [2.05, 4.69) is 10.4 Å². The van der Waals surface area contributed by atoms with Gasteiger partial charge < -0.3 is 9.73 Å². The number of benzene rings is 2. The molecule has 0 bridgehead atoms. The van der Waals surface area contributed by atoms with Crippen LogP contribution in [0, 0.1) is 11.6 Å². The molecule has 10 heteroatoms. The summed E-state index contributed by atoms with van der Waals surface area (Å²) in [6.07, 6.45) is 1.41. The van der Waals surface area contributed by atoms with E-state index in [1.165, 1.54) is 24.5 Å². The average molecular weight is 417 g/mol. The van der Waals surface area contributed by atoms with Crippen molar-refractivity contribution in [3.8, 4) is 0 Å². The molecular formula is C19H13F2N3O4S. The second kappa shape index (κ2) is 7.13. The Labute approximate surface area is 164 Å². The minimum Gasteiger partial charge on any atom is -0.467 e. The summed E-state index contributed by atoms with van der Waals surface area (Å²) in [6, 6.07) is 11.4. The van der Waals surface area contributed by atoms with Crippen LogP contribution in [0.15, 0.2) is 75.3 Å². The molecule has 1 amide bonds. The van der Waals surface area contributed by atoms with Crippen LogP contribution in [0.4, 0.5) is 20.2 Å². The number of halogens is 2. The number of sulfone groups is 1. The summed E-state index contributed by atoms with van der Waals surface area (Å²) in [7, 11) is -4.39. The van der Waals surface area contributed by atoms with Gasteiger partial charge in [-0.25, -0.2) is 22.2 Å². The fourth-order valence-electron chi connectivity index (χ4n) is 2.78. The number of amides is 1. The maximum Gasteiger partial charge on any atom is 0.284 e. The van der Waals surface area contributed by atoms with Crippen LogP contribution in [-0.4, -0.2) is 19.4 Å². The van der Waals surface area contributed by atoms with Gasteiger partial charge in [0.05, 0.1) is 24.2 Å². The second-order valence-electron chi connectivity index (χ2n) is 6.07. The van der Waals surface area contributed by atoms with Crippen LogP contribution in [-0.2, 0) is 21.2 Å². The largest absolute Gasteiger partial charge is 0.467 e. The van der Waals surface area contributed by atoms with Gasteiger partial charge in [-0.2, -0.15) is 0 Å². The minimum absolute atomic E-state index is 0.0422. The van der Waals surface area contributed by atoms with E-state index in [1.807, 2.05) is 0 Å². The Morgan fingerprint density at radius 3 is 2.48 bits per heavy atom. The van der Waals surface area contributed by atoms with Crippen LogP contribution in [0.1, 0.15) is 5.76 Å². The Morgan fingerprint density at radius 1 is 1.07 bits per heavy atom. The lowest BCUT2D eigenvalue weighted by molar-refractivity contribution is -0.114. The topological polar surface area (TPSA) is 92.0 Å². The van der Waals surface area contributed by atoms with Crippen LogP contribution in [0.25, 0.3) is 0 Å². The molecule has 1 aromatic heterocycles. The third-order valence-electron chi connectivity index (χ3n) is 4.15. The van der Waals surface area contributed by atoms with Crippen LogP contribution >= 0.6 is 0 Å². The first kappa shape index (κ1) is 18.8. The summed E-state index contributed by atoms with van der Waals surface area (Å²) in [6.45, 7) is -0.0626. The van der Waals surface area contributed by atoms with Crippen molar-refractivity contribution in [1.29, 1.82) is 0 Å². The smallest absolute Gasteiger partial charge is 0.284 e. The lowest BCUT2D eigenvalue weighted by Crippen LogP contribution is -2.39. The summed E-state index contributed by atoms with van der Waals surface area (Å²) >= 11 is 0. The number of anilines is 2. The predicted octanol–water partition coefficient (Wildman–Crippen LogP) is 3.11. The number of carbonyl (C=O) groups is 1. The first-order chi connectivity index (χ1) is 13.9. The number of furan rings is 1. The van der Waals surface area contributed by atoms with Crippen molar-refractivity contribution in [1.82, 2.24) is 5.32 Å². The number of rotatable bonds is 4. The van der Waals surface area contributed by atoms with Crippen LogP contribution < -0.4 is 10.3 Å². The third-order valence-corrected chi connectivity index (χ3v) is 5.84. The number of nitrogens with zero attached hydrogens (tertiary/aromatic N) is 2. The molecule has 0 aliphatic carbocycles. The van der Waals surface area contributed by atoms with Crippen molar-refractivity contribution in [2.24, 2.45) is 5.10 Å². The van der Waals surface area contributed by atoms with Crippen molar-refractivity contribution >= 4 is 32.2 Å². The molecule has 0 saturated carbocycles. The van der Waals surface area contributed by atoms with Gasteiger partial charge in [0.25, 0.3) is 5.91 Å². The monoisotopic (exact) mass is 417 g/mol. The maximum atomic E-state index is 13.8. The highest BCUT2D eigenvalue weighted by Gasteiger charge is 2.38. The molecule has 0 unspecified atom stereocenters. The molecule has 1 aliphatic heterocycles. The average Bonchev–Trinajstić information content (AvgIpc) is 3.21. The Morgan fingerprint density at radius 2 is 1.79 bits per heavy atom. The molecule has 29 heavy (non-hydrogen) atoms. The van der Waals surface area contributed by atoms with E-state index in [4.69, 9.17) is 4.42 Å². The Bertz CT molecular complexity index is 1210.